The second kappa shape index (κ2) is 5.73. The first-order valence-corrected chi connectivity index (χ1v) is 7.85. The Hall–Kier alpha value is -1.47. The van der Waals surface area contributed by atoms with Crippen LogP contribution in [0.5, 0.6) is 11.5 Å². The quantitative estimate of drug-likeness (QED) is 0.815. The summed E-state index contributed by atoms with van der Waals surface area (Å²) in [5, 5.41) is 2.87. The average Bonchev–Trinajstić information content (AvgIpc) is 2.78. The fourth-order valence-corrected chi connectivity index (χ4v) is 3.04. The number of anilines is 1. The Morgan fingerprint density at radius 2 is 1.86 bits per heavy atom. The van der Waals surface area contributed by atoms with Crippen molar-refractivity contribution in [1.82, 2.24) is 4.57 Å². The molecule has 3 rings (SSSR count). The van der Waals surface area contributed by atoms with Gasteiger partial charge >= 0.3 is 0 Å². The monoisotopic (exact) mass is 414 g/mol. The van der Waals surface area contributed by atoms with Crippen LogP contribution in [-0.4, -0.2) is 23.7 Å². The Morgan fingerprint density at radius 3 is 2.48 bits per heavy atom. The molecule has 0 bridgehead atoms. The van der Waals surface area contributed by atoms with Crippen LogP contribution in [0.1, 0.15) is 10.5 Å². The fourth-order valence-electron chi connectivity index (χ4n) is 2.10. The van der Waals surface area contributed by atoms with Crippen LogP contribution >= 0.6 is 31.9 Å². The van der Waals surface area contributed by atoms with Gasteiger partial charge in [0.15, 0.2) is 11.5 Å². The van der Waals surface area contributed by atoms with E-state index in [1.54, 1.807) is 22.8 Å². The number of hydrogen-bond donors (Lipinski definition) is 1. The number of ether oxygens (including phenoxy) is 2. The van der Waals surface area contributed by atoms with E-state index in [1.807, 2.05) is 13.2 Å². The van der Waals surface area contributed by atoms with Crippen LogP contribution in [0.3, 0.4) is 0 Å². The number of aryl methyl sites for hydroxylation is 1. The Balaban J connectivity index is 1.87. The molecule has 1 aliphatic heterocycles. The third kappa shape index (κ3) is 2.94. The van der Waals surface area contributed by atoms with E-state index in [1.165, 1.54) is 0 Å². The maximum absolute atomic E-state index is 12.3. The van der Waals surface area contributed by atoms with E-state index in [-0.39, 0.29) is 5.91 Å². The number of nitrogens with one attached hydrogen (secondary N) is 1. The second-order valence-electron chi connectivity index (χ2n) is 4.58. The summed E-state index contributed by atoms with van der Waals surface area (Å²) in [7, 11) is 1.82. The predicted octanol–water partition coefficient (Wildman–Crippen LogP) is 3.57. The second-order valence-corrected chi connectivity index (χ2v) is 6.35. The highest BCUT2D eigenvalue weighted by atomic mass is 79.9. The molecule has 0 atom stereocenters. The van der Waals surface area contributed by atoms with Crippen molar-refractivity contribution in [1.29, 1.82) is 0 Å². The van der Waals surface area contributed by atoms with Gasteiger partial charge in [-0.2, -0.15) is 0 Å². The molecule has 1 amide bonds. The van der Waals surface area contributed by atoms with E-state index in [2.05, 4.69) is 37.2 Å². The highest BCUT2D eigenvalue weighted by molar-refractivity contribution is 9.10. The first kappa shape index (κ1) is 14.5. The molecule has 5 nitrogen and oxygen atoms in total. The summed E-state index contributed by atoms with van der Waals surface area (Å²) in [5.41, 5.74) is 1.20. The summed E-state index contributed by atoms with van der Waals surface area (Å²) >= 11 is 6.79. The van der Waals surface area contributed by atoms with Crippen molar-refractivity contribution >= 4 is 43.5 Å². The van der Waals surface area contributed by atoms with Crippen molar-refractivity contribution in [2.75, 3.05) is 18.5 Å². The zero-order chi connectivity index (χ0) is 15.0. The topological polar surface area (TPSA) is 52.5 Å². The van der Waals surface area contributed by atoms with Crippen molar-refractivity contribution in [3.05, 3.63) is 39.0 Å². The maximum Gasteiger partial charge on any atom is 0.272 e. The number of hydrogen-bond acceptors (Lipinski definition) is 3. The largest absolute Gasteiger partial charge is 0.486 e. The number of rotatable bonds is 2. The molecule has 21 heavy (non-hydrogen) atoms. The van der Waals surface area contributed by atoms with Gasteiger partial charge in [-0.1, -0.05) is 0 Å². The fraction of sp³-hybridized carbons (Fsp3) is 0.214. The average molecular weight is 416 g/mol. The summed E-state index contributed by atoms with van der Waals surface area (Å²) in [4.78, 5) is 12.3. The molecule has 110 valence electrons. The minimum atomic E-state index is -0.194. The highest BCUT2D eigenvalue weighted by Crippen LogP contribution is 2.38. The molecule has 0 saturated heterocycles. The number of halogens is 2. The lowest BCUT2D eigenvalue weighted by Crippen LogP contribution is -2.18. The summed E-state index contributed by atoms with van der Waals surface area (Å²) in [6.07, 6.45) is 1.83. The lowest BCUT2D eigenvalue weighted by atomic mass is 10.2. The summed E-state index contributed by atoms with van der Waals surface area (Å²) in [5.74, 6) is 1.11. The number of nitrogens with zero attached hydrogens (tertiary/aromatic N) is 1. The minimum absolute atomic E-state index is 0.194. The van der Waals surface area contributed by atoms with E-state index in [9.17, 15) is 4.79 Å². The first-order valence-electron chi connectivity index (χ1n) is 6.27. The standard InChI is InChI=1S/C14H12Br2N2O3/c1-18-7-8(15)4-11(18)14(19)17-10-6-13-12(5-9(10)16)20-2-3-21-13/h4-7H,2-3H2,1H3,(H,17,19). The van der Waals surface area contributed by atoms with Gasteiger partial charge in [-0.05, 0) is 37.9 Å². The summed E-state index contributed by atoms with van der Waals surface area (Å²) in [6, 6.07) is 5.32. The molecule has 1 aliphatic rings. The molecule has 1 aromatic carbocycles. The zero-order valence-electron chi connectivity index (χ0n) is 11.2. The number of carbonyl (C=O) groups excluding carboxylic acids is 1. The van der Waals surface area contributed by atoms with Gasteiger partial charge in [0.1, 0.15) is 18.9 Å². The number of amides is 1. The molecular formula is C14H12Br2N2O3. The summed E-state index contributed by atoms with van der Waals surface area (Å²) in [6.45, 7) is 1.04. The summed E-state index contributed by atoms with van der Waals surface area (Å²) < 4.78 is 14.4. The zero-order valence-corrected chi connectivity index (χ0v) is 14.3. The van der Waals surface area contributed by atoms with Crippen molar-refractivity contribution in [2.45, 2.75) is 0 Å². The first-order chi connectivity index (χ1) is 10.0. The van der Waals surface area contributed by atoms with Gasteiger partial charge in [0.25, 0.3) is 5.91 Å². The van der Waals surface area contributed by atoms with Gasteiger partial charge in [0.05, 0.1) is 5.69 Å². The van der Waals surface area contributed by atoms with E-state index in [0.29, 0.717) is 36.1 Å². The number of fused-ring (bicyclic) bond motifs is 1. The molecule has 1 aromatic heterocycles. The molecule has 0 saturated carbocycles. The van der Waals surface area contributed by atoms with Crippen LogP contribution in [0.2, 0.25) is 0 Å². The van der Waals surface area contributed by atoms with Crippen molar-refractivity contribution in [3.63, 3.8) is 0 Å². The molecule has 0 radical (unpaired) electrons. The van der Waals surface area contributed by atoms with Gasteiger partial charge in [0.2, 0.25) is 0 Å². The predicted molar refractivity (Wildman–Crippen MR) is 86.2 cm³/mol. The molecule has 0 spiro atoms. The molecule has 0 aliphatic carbocycles. The Morgan fingerprint density at radius 1 is 1.19 bits per heavy atom. The number of benzene rings is 1. The van der Waals surface area contributed by atoms with Crippen LogP contribution in [0, 0.1) is 0 Å². The van der Waals surface area contributed by atoms with Gasteiger partial charge in [-0.15, -0.1) is 0 Å². The molecule has 1 N–H and O–H groups in total. The smallest absolute Gasteiger partial charge is 0.272 e. The van der Waals surface area contributed by atoms with Crippen molar-refractivity contribution in [3.8, 4) is 11.5 Å². The molecule has 0 fully saturated rings. The van der Waals surface area contributed by atoms with E-state index < -0.39 is 0 Å². The molecule has 2 aromatic rings. The lowest BCUT2D eigenvalue weighted by molar-refractivity contribution is 0.101. The lowest BCUT2D eigenvalue weighted by Gasteiger charge is -2.20. The normalized spacial score (nSPS) is 13.1. The van der Waals surface area contributed by atoms with Crippen LogP contribution in [0.15, 0.2) is 33.3 Å². The van der Waals surface area contributed by atoms with Crippen LogP contribution in [0.25, 0.3) is 0 Å². The van der Waals surface area contributed by atoms with Gasteiger partial charge < -0.3 is 19.4 Å². The Bertz CT molecular complexity index is 712. The molecule has 2 heterocycles. The molecule has 0 unspecified atom stereocenters. The third-order valence-electron chi connectivity index (χ3n) is 3.08. The van der Waals surface area contributed by atoms with E-state index in [4.69, 9.17) is 9.47 Å². The third-order valence-corrected chi connectivity index (χ3v) is 4.17. The number of carbonyl (C=O) groups is 1. The maximum atomic E-state index is 12.3. The number of aromatic nitrogens is 1. The van der Waals surface area contributed by atoms with Crippen molar-refractivity contribution in [2.24, 2.45) is 7.05 Å². The highest BCUT2D eigenvalue weighted by Gasteiger charge is 2.18. The SMILES string of the molecule is Cn1cc(Br)cc1C(=O)Nc1cc2c(cc1Br)OCCO2. The van der Waals surface area contributed by atoms with Crippen LogP contribution in [0.4, 0.5) is 5.69 Å². The van der Waals surface area contributed by atoms with Gasteiger partial charge in [0, 0.05) is 34.3 Å². The van der Waals surface area contributed by atoms with Crippen LogP contribution < -0.4 is 14.8 Å². The van der Waals surface area contributed by atoms with E-state index >= 15 is 0 Å². The molecule has 7 heteroatoms. The minimum Gasteiger partial charge on any atom is -0.486 e. The van der Waals surface area contributed by atoms with Gasteiger partial charge in [-0.3, -0.25) is 4.79 Å². The van der Waals surface area contributed by atoms with Crippen molar-refractivity contribution < 1.29 is 14.3 Å². The Labute approximate surface area is 138 Å². The van der Waals surface area contributed by atoms with Gasteiger partial charge in [-0.25, -0.2) is 0 Å². The Kier molecular flexibility index (Phi) is 3.95. The molecular weight excluding hydrogens is 404 g/mol. The van der Waals surface area contributed by atoms with E-state index in [0.717, 1.165) is 8.95 Å². The van der Waals surface area contributed by atoms with Crippen LogP contribution in [-0.2, 0) is 7.05 Å².